The molecule has 3 heteroatoms. The topological polar surface area (TPSA) is 29.5 Å². The van der Waals surface area contributed by atoms with Gasteiger partial charge in [0.25, 0.3) is 0 Å². The molecule has 1 amide bonds. The Morgan fingerprint density at radius 2 is 2.15 bits per heavy atom. The van der Waals surface area contributed by atoms with E-state index in [0.717, 1.165) is 25.9 Å². The van der Waals surface area contributed by atoms with E-state index in [1.807, 2.05) is 24.0 Å². The average molecular weight is 183 g/mol. The molecule has 1 aliphatic heterocycles. The average Bonchev–Trinajstić information content (AvgIpc) is 2.65. The van der Waals surface area contributed by atoms with Crippen molar-refractivity contribution in [2.24, 2.45) is 0 Å². The third-order valence-electron chi connectivity index (χ3n) is 2.13. The van der Waals surface area contributed by atoms with Crippen LogP contribution in [0.1, 0.15) is 19.8 Å². The van der Waals surface area contributed by atoms with Crippen molar-refractivity contribution >= 4 is 5.91 Å². The fourth-order valence-corrected chi connectivity index (χ4v) is 1.37. The first kappa shape index (κ1) is 10.3. The van der Waals surface area contributed by atoms with Crippen LogP contribution in [0.25, 0.3) is 0 Å². The number of allylic oxidation sites excluding steroid dienone is 1. The van der Waals surface area contributed by atoms with Crippen LogP contribution in [0, 0.1) is 0 Å². The van der Waals surface area contributed by atoms with Gasteiger partial charge in [-0.2, -0.15) is 0 Å². The third-order valence-corrected chi connectivity index (χ3v) is 2.13. The molecule has 74 valence electrons. The highest BCUT2D eigenvalue weighted by Crippen LogP contribution is 2.07. The second-order valence-electron chi connectivity index (χ2n) is 3.17. The Hall–Kier alpha value is -0.830. The molecule has 3 nitrogen and oxygen atoms in total. The van der Waals surface area contributed by atoms with Crippen LogP contribution < -0.4 is 0 Å². The molecule has 0 saturated carbocycles. The van der Waals surface area contributed by atoms with Crippen molar-refractivity contribution in [3.8, 4) is 0 Å². The SMILES string of the molecule is C/C=C/COCC(=O)N1CCCC1. The lowest BCUT2D eigenvalue weighted by atomic mass is 10.4. The van der Waals surface area contributed by atoms with Gasteiger partial charge in [-0.05, 0) is 19.8 Å². The minimum atomic E-state index is 0.127. The number of carbonyl (C=O) groups is 1. The molecule has 1 fully saturated rings. The fraction of sp³-hybridized carbons (Fsp3) is 0.700. The van der Waals surface area contributed by atoms with Crippen molar-refractivity contribution in [3.63, 3.8) is 0 Å². The summed E-state index contributed by atoms with van der Waals surface area (Å²) in [6.45, 7) is 4.52. The van der Waals surface area contributed by atoms with Gasteiger partial charge >= 0.3 is 0 Å². The Morgan fingerprint density at radius 3 is 2.77 bits per heavy atom. The normalized spacial score (nSPS) is 17.2. The van der Waals surface area contributed by atoms with Crippen LogP contribution in [0.2, 0.25) is 0 Å². The van der Waals surface area contributed by atoms with Gasteiger partial charge in [0.2, 0.25) is 5.91 Å². The smallest absolute Gasteiger partial charge is 0.248 e. The van der Waals surface area contributed by atoms with E-state index in [1.165, 1.54) is 0 Å². The summed E-state index contributed by atoms with van der Waals surface area (Å²) in [4.78, 5) is 13.3. The lowest BCUT2D eigenvalue weighted by Gasteiger charge is -2.14. The summed E-state index contributed by atoms with van der Waals surface area (Å²) in [5, 5.41) is 0. The van der Waals surface area contributed by atoms with Crippen LogP contribution in [0.3, 0.4) is 0 Å². The second kappa shape index (κ2) is 5.75. The Balaban J connectivity index is 2.09. The van der Waals surface area contributed by atoms with Gasteiger partial charge in [-0.1, -0.05) is 12.2 Å². The molecule has 0 bridgehead atoms. The summed E-state index contributed by atoms with van der Waals surface area (Å²) in [7, 11) is 0. The predicted octanol–water partition coefficient (Wildman–Crippen LogP) is 1.20. The molecular formula is C10H17NO2. The van der Waals surface area contributed by atoms with Crippen molar-refractivity contribution in [3.05, 3.63) is 12.2 Å². The van der Waals surface area contributed by atoms with Crippen molar-refractivity contribution in [1.82, 2.24) is 4.90 Å². The first-order valence-electron chi connectivity index (χ1n) is 4.81. The number of carbonyl (C=O) groups excluding carboxylic acids is 1. The van der Waals surface area contributed by atoms with E-state index in [0.29, 0.717) is 6.61 Å². The zero-order valence-corrected chi connectivity index (χ0v) is 8.16. The van der Waals surface area contributed by atoms with Crippen LogP contribution in [0.15, 0.2) is 12.2 Å². The Labute approximate surface area is 79.4 Å². The molecular weight excluding hydrogens is 166 g/mol. The number of rotatable bonds is 4. The van der Waals surface area contributed by atoms with Gasteiger partial charge in [0.15, 0.2) is 0 Å². The van der Waals surface area contributed by atoms with E-state index in [4.69, 9.17) is 4.74 Å². The van der Waals surface area contributed by atoms with Gasteiger partial charge in [0.1, 0.15) is 6.61 Å². The standard InChI is InChI=1S/C10H17NO2/c1-2-3-8-13-9-10(12)11-6-4-5-7-11/h2-3H,4-9H2,1H3/b3-2+. The number of hydrogen-bond donors (Lipinski definition) is 0. The minimum Gasteiger partial charge on any atom is -0.368 e. The molecule has 0 atom stereocenters. The number of ether oxygens (including phenoxy) is 1. The number of hydrogen-bond acceptors (Lipinski definition) is 2. The van der Waals surface area contributed by atoms with Crippen molar-refractivity contribution in [2.75, 3.05) is 26.3 Å². The summed E-state index contributed by atoms with van der Waals surface area (Å²) in [6, 6.07) is 0. The summed E-state index contributed by atoms with van der Waals surface area (Å²) in [5.41, 5.74) is 0. The zero-order chi connectivity index (χ0) is 9.52. The molecule has 0 N–H and O–H groups in total. The van der Waals surface area contributed by atoms with E-state index in [9.17, 15) is 4.79 Å². The Bertz CT molecular complexity index is 183. The second-order valence-corrected chi connectivity index (χ2v) is 3.17. The predicted molar refractivity (Wildman–Crippen MR) is 51.4 cm³/mol. The third kappa shape index (κ3) is 3.59. The Kier molecular flexibility index (Phi) is 4.54. The van der Waals surface area contributed by atoms with Gasteiger partial charge in [0.05, 0.1) is 6.61 Å². The number of likely N-dealkylation sites (tertiary alicyclic amines) is 1. The van der Waals surface area contributed by atoms with Gasteiger partial charge < -0.3 is 9.64 Å². The van der Waals surface area contributed by atoms with E-state index in [1.54, 1.807) is 0 Å². The maximum atomic E-state index is 11.4. The van der Waals surface area contributed by atoms with E-state index in [-0.39, 0.29) is 12.5 Å². The lowest BCUT2D eigenvalue weighted by molar-refractivity contribution is -0.134. The quantitative estimate of drug-likeness (QED) is 0.484. The van der Waals surface area contributed by atoms with E-state index >= 15 is 0 Å². The highest BCUT2D eigenvalue weighted by atomic mass is 16.5. The highest BCUT2D eigenvalue weighted by Gasteiger charge is 2.16. The molecule has 1 saturated heterocycles. The largest absolute Gasteiger partial charge is 0.368 e. The van der Waals surface area contributed by atoms with Gasteiger partial charge in [-0.3, -0.25) is 4.79 Å². The lowest BCUT2D eigenvalue weighted by Crippen LogP contribution is -2.31. The van der Waals surface area contributed by atoms with Gasteiger partial charge in [0, 0.05) is 13.1 Å². The molecule has 0 spiro atoms. The zero-order valence-electron chi connectivity index (χ0n) is 8.16. The molecule has 0 aromatic rings. The molecule has 0 aromatic heterocycles. The molecule has 1 aliphatic rings. The summed E-state index contributed by atoms with van der Waals surface area (Å²) >= 11 is 0. The van der Waals surface area contributed by atoms with Crippen LogP contribution >= 0.6 is 0 Å². The van der Waals surface area contributed by atoms with Crippen LogP contribution in [0.5, 0.6) is 0 Å². The molecule has 0 aliphatic carbocycles. The Morgan fingerprint density at radius 1 is 1.46 bits per heavy atom. The first-order valence-corrected chi connectivity index (χ1v) is 4.81. The molecule has 0 radical (unpaired) electrons. The number of amides is 1. The first-order chi connectivity index (χ1) is 6.34. The van der Waals surface area contributed by atoms with Crippen LogP contribution in [-0.2, 0) is 9.53 Å². The maximum absolute atomic E-state index is 11.4. The van der Waals surface area contributed by atoms with Crippen molar-refractivity contribution < 1.29 is 9.53 Å². The summed E-state index contributed by atoms with van der Waals surface area (Å²) < 4.78 is 5.17. The molecule has 0 aromatic carbocycles. The fourth-order valence-electron chi connectivity index (χ4n) is 1.37. The molecule has 1 rings (SSSR count). The maximum Gasteiger partial charge on any atom is 0.248 e. The summed E-state index contributed by atoms with van der Waals surface area (Å²) in [5.74, 6) is 0.127. The van der Waals surface area contributed by atoms with Gasteiger partial charge in [-0.15, -0.1) is 0 Å². The van der Waals surface area contributed by atoms with E-state index < -0.39 is 0 Å². The van der Waals surface area contributed by atoms with Gasteiger partial charge in [-0.25, -0.2) is 0 Å². The van der Waals surface area contributed by atoms with Crippen LogP contribution in [0.4, 0.5) is 0 Å². The minimum absolute atomic E-state index is 0.127. The monoisotopic (exact) mass is 183 g/mol. The molecule has 0 unspecified atom stereocenters. The summed E-state index contributed by atoms with van der Waals surface area (Å²) in [6.07, 6.45) is 6.10. The molecule has 13 heavy (non-hydrogen) atoms. The van der Waals surface area contributed by atoms with Crippen molar-refractivity contribution in [2.45, 2.75) is 19.8 Å². The number of nitrogens with zero attached hydrogens (tertiary/aromatic N) is 1. The van der Waals surface area contributed by atoms with Crippen molar-refractivity contribution in [1.29, 1.82) is 0 Å². The molecule has 1 heterocycles. The highest BCUT2D eigenvalue weighted by molar-refractivity contribution is 5.77. The van der Waals surface area contributed by atoms with Crippen LogP contribution in [-0.4, -0.2) is 37.1 Å². The van der Waals surface area contributed by atoms with E-state index in [2.05, 4.69) is 0 Å².